The first kappa shape index (κ1) is 119. The van der Waals surface area contributed by atoms with Crippen LogP contribution < -0.4 is 71.7 Å². The number of methoxy groups -OCH3 is 4. The number of carboxylic acids is 1. The SMILES string of the molecule is CC(N)c1cnccn1.CNc1cc(C(=O)OC)cc(-c2ccc(C)cc2)c1.COC(=O)c1cc(-c2ccc(C)cc2)cc(N(C)C(=O)C(C)C)c1.COC(=O)c1cc(N)cc(-c2ccc(C)cc2)c1.COC(=O)c1cc(NC=O)cc(-c2ccc(C)cc2)c1.Cc1ccc(-c2cc(C(=O)NC(C)c3cnccn3)cc(N(C)C(=O)C(C)C)c2)cc1.Cc1ccc(-c2cc(C(=O)O)cc(N(C)C(=O)C(C)C)c2)cc1.[Na+].[OH-]. The molecular formula is C117H129N12NaO16. The second kappa shape index (κ2) is 58.0. The summed E-state index contributed by atoms with van der Waals surface area (Å²) in [7, 11) is 12.4. The van der Waals surface area contributed by atoms with Crippen LogP contribution in [0.3, 0.4) is 0 Å². The van der Waals surface area contributed by atoms with E-state index < -0.39 is 17.9 Å². The van der Waals surface area contributed by atoms with Gasteiger partial charge in [-0.1, -0.05) is 221 Å². The van der Waals surface area contributed by atoms with E-state index in [9.17, 15) is 53.1 Å². The number of aromatic nitrogens is 4. The number of nitrogen functional groups attached to an aromatic ring is 1. The number of nitrogens with two attached hydrogens (primary N) is 2. The molecule has 0 spiro atoms. The Balaban J connectivity index is 0.000000264. The summed E-state index contributed by atoms with van der Waals surface area (Å²) in [5.41, 5.74) is 37.5. The molecular weight excluding hydrogens is 1850 g/mol. The van der Waals surface area contributed by atoms with Gasteiger partial charge in [0.2, 0.25) is 24.1 Å². The summed E-state index contributed by atoms with van der Waals surface area (Å²) in [4.78, 5) is 140. The molecule has 0 aliphatic carbocycles. The Hall–Kier alpha value is -16.0. The molecule has 146 heavy (non-hydrogen) atoms. The molecule has 14 aromatic rings. The fourth-order valence-electron chi connectivity index (χ4n) is 14.3. The van der Waals surface area contributed by atoms with Gasteiger partial charge < -0.3 is 71.6 Å². The van der Waals surface area contributed by atoms with Crippen molar-refractivity contribution in [2.24, 2.45) is 23.5 Å². The normalized spacial score (nSPS) is 10.6. The number of amides is 5. The summed E-state index contributed by atoms with van der Waals surface area (Å²) in [6.07, 6.45) is 10.3. The molecule has 2 atom stereocenters. The number of aromatic carboxylic acids is 1. The number of aryl methyl sites for hydroxylation is 6. The van der Waals surface area contributed by atoms with Crippen LogP contribution in [0.1, 0.15) is 174 Å². The van der Waals surface area contributed by atoms with Crippen molar-refractivity contribution in [1.29, 1.82) is 0 Å². The molecule has 5 amide bonds. The second-order valence-corrected chi connectivity index (χ2v) is 35.1. The predicted molar refractivity (Wildman–Crippen MR) is 575 cm³/mol. The third-order valence-corrected chi connectivity index (χ3v) is 22.7. The van der Waals surface area contributed by atoms with Crippen LogP contribution in [-0.2, 0) is 38.1 Å². The fourth-order valence-corrected chi connectivity index (χ4v) is 14.3. The molecule has 2 aromatic heterocycles. The van der Waals surface area contributed by atoms with Crippen molar-refractivity contribution in [3.05, 3.63) is 370 Å². The molecule has 28 nitrogen and oxygen atoms in total. The standard InChI is InChI=1S/C25H28N4O2.C20H23NO3.C19H21NO3.C16H15NO3.C16H17NO2.C15H15NO2.C6H9N3.Na.H2O/c1-16(2)25(31)29(5)22-13-20(19-8-6-17(3)7-9-19)12-21(14-22)24(30)28-18(4)23-15-26-10-11-27-23;1-13(2)19(22)21(4)18-11-16(10-17(12-18)20(23)24-5)15-8-6-14(3)7-9-15;1-12(2)18(21)20(4)17-10-15(9-16(11-17)19(22)23)14-7-5-13(3)6-8-14;1-11-3-5-12(6-4-11)13-7-14(16(19)20-2)9-15(8-13)17-10-18;1-11-4-6-12(7-5-11)13-8-14(16(18)19-3)10-15(9-13)17-2;1-10-3-5-11(6-4-10)12-7-13(15(17)18-2)9-14(16)8-12;1-5(7)6-4-8-2-3-9-6;;/h6-16,18H,1-5H3,(H,28,30);6-13H,1-5H3;5-12H,1-4H3,(H,22,23);3-10H,1-2H3,(H,17,18);4-10,17H,1-3H3;3-9H,16H2,1-2H3;2-5H,7H2,1H3;;1H2/q;;;;;;;+1;/p-1. The smallest absolute Gasteiger partial charge is 0.870 e. The van der Waals surface area contributed by atoms with Gasteiger partial charge in [0, 0.05) is 123 Å². The van der Waals surface area contributed by atoms with Crippen LogP contribution >= 0.6 is 0 Å². The van der Waals surface area contributed by atoms with Gasteiger partial charge in [0.15, 0.2) is 0 Å². The number of carbonyl (C=O) groups excluding carboxylic acids is 9. The Labute approximate surface area is 877 Å². The van der Waals surface area contributed by atoms with Gasteiger partial charge >= 0.3 is 59.4 Å². The van der Waals surface area contributed by atoms with Crippen molar-refractivity contribution >= 4 is 94.0 Å². The van der Waals surface area contributed by atoms with Crippen molar-refractivity contribution < 1.29 is 107 Å². The Morgan fingerprint density at radius 1 is 0.349 bits per heavy atom. The van der Waals surface area contributed by atoms with Gasteiger partial charge in [-0.15, -0.1) is 0 Å². The summed E-state index contributed by atoms with van der Waals surface area (Å²) in [6.45, 7) is 26.9. The van der Waals surface area contributed by atoms with E-state index in [1.54, 1.807) is 123 Å². The molecule has 29 heteroatoms. The quantitative estimate of drug-likeness (QED) is 0.0108. The van der Waals surface area contributed by atoms with Crippen LogP contribution in [-0.4, -0.2) is 147 Å². The Morgan fingerprint density at radius 2 is 0.616 bits per heavy atom. The van der Waals surface area contributed by atoms with Crippen molar-refractivity contribution in [1.82, 2.24) is 25.3 Å². The number of hydrogen-bond acceptors (Lipinski definition) is 22. The predicted octanol–water partition coefficient (Wildman–Crippen LogP) is 19.5. The van der Waals surface area contributed by atoms with Gasteiger partial charge in [-0.3, -0.25) is 43.9 Å². The number of hydrogen-bond donors (Lipinski definition) is 6. The first-order valence-electron chi connectivity index (χ1n) is 46.5. The van der Waals surface area contributed by atoms with E-state index in [1.165, 1.54) is 50.5 Å². The van der Waals surface area contributed by atoms with E-state index in [1.807, 2.05) is 286 Å². The number of rotatable bonds is 24. The average molecular weight is 1980 g/mol. The van der Waals surface area contributed by atoms with Crippen LogP contribution in [0.25, 0.3) is 66.8 Å². The molecule has 0 bridgehead atoms. The maximum atomic E-state index is 13.1. The van der Waals surface area contributed by atoms with Crippen molar-refractivity contribution in [2.75, 3.05) is 87.7 Å². The molecule has 2 unspecified atom stereocenters. The monoisotopic (exact) mass is 1980 g/mol. The molecule has 0 fully saturated rings. The van der Waals surface area contributed by atoms with Crippen LogP contribution in [0.2, 0.25) is 0 Å². The maximum absolute atomic E-state index is 13.1. The molecule has 0 saturated carbocycles. The van der Waals surface area contributed by atoms with E-state index in [2.05, 4.69) is 48.0 Å². The van der Waals surface area contributed by atoms with Gasteiger partial charge in [0.1, 0.15) is 0 Å². The zero-order valence-electron chi connectivity index (χ0n) is 87.1. The van der Waals surface area contributed by atoms with Gasteiger partial charge in [-0.2, -0.15) is 0 Å². The van der Waals surface area contributed by atoms with Gasteiger partial charge in [0.25, 0.3) is 5.91 Å². The van der Waals surface area contributed by atoms with Crippen LogP contribution in [0.4, 0.5) is 34.1 Å². The van der Waals surface area contributed by atoms with Crippen LogP contribution in [0.15, 0.2) is 292 Å². The number of nitrogens with one attached hydrogen (secondary N) is 3. The molecule has 0 saturated heterocycles. The van der Waals surface area contributed by atoms with Gasteiger partial charge in [-0.05, 0) is 231 Å². The van der Waals surface area contributed by atoms with E-state index in [-0.39, 0.29) is 106 Å². The summed E-state index contributed by atoms with van der Waals surface area (Å²) < 4.78 is 19.1. The topological polar surface area (TPSA) is 407 Å². The molecule has 14 rings (SSSR count). The number of anilines is 6. The summed E-state index contributed by atoms with van der Waals surface area (Å²) in [6, 6.07) is 79.8. The largest absolute Gasteiger partial charge is 1.00 e. The zero-order chi connectivity index (χ0) is 106. The molecule has 2 heterocycles. The number of ether oxygens (including phenoxy) is 4. The van der Waals surface area contributed by atoms with Crippen LogP contribution in [0, 0.1) is 59.3 Å². The molecule has 0 aliphatic rings. The summed E-state index contributed by atoms with van der Waals surface area (Å²) in [5.74, 6) is -3.32. The fraction of sp³-hybridized carbons (Fsp3) is 0.231. The van der Waals surface area contributed by atoms with Gasteiger partial charge in [0.05, 0.1) is 79.9 Å². The minimum atomic E-state index is -1.01. The van der Waals surface area contributed by atoms with Crippen molar-refractivity contribution in [3.8, 4) is 66.8 Å². The number of carbonyl (C=O) groups is 10. The molecule has 0 radical (unpaired) electrons. The minimum absolute atomic E-state index is 0. The van der Waals surface area contributed by atoms with Gasteiger partial charge in [-0.25, -0.2) is 24.0 Å². The average Bonchev–Trinajstić information content (AvgIpc) is 0.856. The van der Waals surface area contributed by atoms with E-state index in [4.69, 9.17) is 30.4 Å². The number of benzene rings is 12. The third kappa shape index (κ3) is 35.6. The second-order valence-electron chi connectivity index (χ2n) is 35.1. The van der Waals surface area contributed by atoms with Crippen molar-refractivity contribution in [2.45, 2.75) is 109 Å². The summed E-state index contributed by atoms with van der Waals surface area (Å²) in [5, 5.41) is 17.9. The number of carboxylic acid groups (broad SMARTS) is 1. The van der Waals surface area contributed by atoms with Crippen LogP contribution in [0.5, 0.6) is 0 Å². The van der Waals surface area contributed by atoms with E-state index >= 15 is 0 Å². The number of esters is 4. The first-order valence-corrected chi connectivity index (χ1v) is 46.5. The Morgan fingerprint density at radius 3 is 0.897 bits per heavy atom. The van der Waals surface area contributed by atoms with E-state index in [0.717, 1.165) is 100 Å². The Bertz CT molecular complexity index is 6730. The molecule has 754 valence electrons. The van der Waals surface area contributed by atoms with Crippen molar-refractivity contribution in [3.63, 3.8) is 0 Å². The molecule has 0 aliphatic heterocycles. The van der Waals surface area contributed by atoms with E-state index in [0.29, 0.717) is 68.4 Å². The minimum Gasteiger partial charge on any atom is -0.870 e. The maximum Gasteiger partial charge on any atom is 1.00 e. The third-order valence-electron chi connectivity index (χ3n) is 22.7. The first-order chi connectivity index (χ1) is 68.5. The number of nitrogens with zero attached hydrogens (tertiary/aromatic N) is 7. The Kier molecular flexibility index (Phi) is 47.1. The molecule has 9 N–H and O–H groups in total. The zero-order valence-corrected chi connectivity index (χ0v) is 89.1. The molecule has 12 aromatic carbocycles. The summed E-state index contributed by atoms with van der Waals surface area (Å²) >= 11 is 0.